The first kappa shape index (κ1) is 13.9. The van der Waals surface area contributed by atoms with Gasteiger partial charge in [0.15, 0.2) is 24.8 Å². The van der Waals surface area contributed by atoms with Gasteiger partial charge in [0.25, 0.3) is 13.1 Å². The Balaban J connectivity index is 0.000000357. The minimum atomic E-state index is 1.25. The highest BCUT2D eigenvalue weighted by molar-refractivity contribution is 5.60. The fourth-order valence-corrected chi connectivity index (χ4v) is 1.39. The molecule has 2 rings (SSSR count). The van der Waals surface area contributed by atoms with Gasteiger partial charge in [0, 0.05) is 24.3 Å². The number of pyridine rings is 2. The Hall–Kier alpha value is -2.21. The SMILES string of the molecule is CC#[N+]C.C[n+]1ccc(-c2cc[n+](C)cc2)cc1. The number of hydrogen-bond acceptors (Lipinski definition) is 0. The van der Waals surface area contributed by atoms with Crippen molar-refractivity contribution < 1.29 is 9.13 Å². The summed E-state index contributed by atoms with van der Waals surface area (Å²) in [6.07, 6.45) is 8.23. The topological polar surface area (TPSA) is 12.1 Å². The third-order valence-electron chi connectivity index (χ3n) is 2.51. The Morgan fingerprint density at radius 1 is 0.833 bits per heavy atom. The summed E-state index contributed by atoms with van der Waals surface area (Å²) < 4.78 is 4.07. The summed E-state index contributed by atoms with van der Waals surface area (Å²) in [4.78, 5) is 3.49. The van der Waals surface area contributed by atoms with E-state index in [0.29, 0.717) is 0 Å². The van der Waals surface area contributed by atoms with Crippen LogP contribution in [0, 0.1) is 6.07 Å². The molecule has 0 aliphatic rings. The smallest absolute Gasteiger partial charge is 0.208 e. The summed E-state index contributed by atoms with van der Waals surface area (Å²) in [5.41, 5.74) is 2.51. The van der Waals surface area contributed by atoms with Gasteiger partial charge in [-0.3, -0.25) is 0 Å². The van der Waals surface area contributed by atoms with Crippen LogP contribution in [0.1, 0.15) is 6.92 Å². The Kier molecular flexibility index (Phi) is 5.53. The molecule has 0 radical (unpaired) electrons. The largest absolute Gasteiger partial charge is 0.269 e. The molecule has 2 heterocycles. The summed E-state index contributed by atoms with van der Waals surface area (Å²) in [7, 11) is 5.74. The second kappa shape index (κ2) is 7.18. The van der Waals surface area contributed by atoms with Crippen LogP contribution in [0.4, 0.5) is 0 Å². The van der Waals surface area contributed by atoms with E-state index in [1.807, 2.05) is 23.2 Å². The van der Waals surface area contributed by atoms with Crippen molar-refractivity contribution in [3.8, 4) is 17.2 Å². The van der Waals surface area contributed by atoms with Crippen molar-refractivity contribution in [2.75, 3.05) is 7.05 Å². The van der Waals surface area contributed by atoms with Crippen LogP contribution < -0.4 is 9.13 Å². The molecule has 0 unspecified atom stereocenters. The Morgan fingerprint density at radius 2 is 1.11 bits per heavy atom. The van der Waals surface area contributed by atoms with E-state index < -0.39 is 0 Å². The summed E-state index contributed by atoms with van der Waals surface area (Å²) in [6.45, 7) is 1.76. The maximum Gasteiger partial charge on any atom is 0.269 e. The van der Waals surface area contributed by atoms with Crippen molar-refractivity contribution in [1.82, 2.24) is 0 Å². The lowest BCUT2D eigenvalue weighted by atomic mass is 10.1. The minimum Gasteiger partial charge on any atom is -0.208 e. The van der Waals surface area contributed by atoms with Gasteiger partial charge in [-0.1, -0.05) is 4.85 Å². The lowest BCUT2D eigenvalue weighted by Crippen LogP contribution is -2.26. The Labute approximate surface area is 109 Å². The van der Waals surface area contributed by atoms with Crippen LogP contribution >= 0.6 is 0 Å². The van der Waals surface area contributed by atoms with Gasteiger partial charge in [-0.25, -0.2) is 9.13 Å². The monoisotopic (exact) mass is 242 g/mol. The van der Waals surface area contributed by atoms with E-state index in [2.05, 4.69) is 60.0 Å². The molecule has 0 aliphatic carbocycles. The summed E-state index contributed by atoms with van der Waals surface area (Å²) in [6, 6.07) is 11.0. The normalized spacial score (nSPS) is 8.67. The molecular weight excluding hydrogens is 222 g/mol. The number of aromatic nitrogens is 2. The van der Waals surface area contributed by atoms with Gasteiger partial charge in [-0.2, -0.15) is 0 Å². The van der Waals surface area contributed by atoms with Crippen LogP contribution in [0.3, 0.4) is 0 Å². The van der Waals surface area contributed by atoms with Crippen LogP contribution in [0.25, 0.3) is 16.0 Å². The van der Waals surface area contributed by atoms with Crippen molar-refractivity contribution in [3.05, 3.63) is 53.9 Å². The lowest BCUT2D eigenvalue weighted by Gasteiger charge is -1.97. The molecule has 0 aliphatic heterocycles. The zero-order valence-corrected chi connectivity index (χ0v) is 11.5. The molecule has 3 nitrogen and oxygen atoms in total. The van der Waals surface area contributed by atoms with Gasteiger partial charge >= 0.3 is 0 Å². The zero-order valence-electron chi connectivity index (χ0n) is 11.5. The molecule has 0 N–H and O–H groups in total. The van der Waals surface area contributed by atoms with E-state index in [4.69, 9.17) is 0 Å². The Bertz CT molecular complexity index is 481. The summed E-state index contributed by atoms with van der Waals surface area (Å²) >= 11 is 0. The van der Waals surface area contributed by atoms with Gasteiger partial charge < -0.3 is 0 Å². The van der Waals surface area contributed by atoms with Crippen molar-refractivity contribution in [1.29, 1.82) is 0 Å². The maximum atomic E-state index is 3.49. The van der Waals surface area contributed by atoms with Crippen LogP contribution in [0.2, 0.25) is 0 Å². The number of aryl methyl sites for hydroxylation is 2. The van der Waals surface area contributed by atoms with Crippen LogP contribution in [0.15, 0.2) is 49.1 Å². The van der Waals surface area contributed by atoms with Crippen LogP contribution in [0.5, 0.6) is 0 Å². The van der Waals surface area contributed by atoms with Gasteiger partial charge in [0.05, 0.1) is 6.92 Å². The van der Waals surface area contributed by atoms with Crippen molar-refractivity contribution in [2.24, 2.45) is 14.1 Å². The predicted molar refractivity (Wildman–Crippen MR) is 73.1 cm³/mol. The molecule has 0 fully saturated rings. The molecule has 18 heavy (non-hydrogen) atoms. The molecule has 0 saturated carbocycles. The standard InChI is InChI=1S/C12H14N2.C3H6N/c1-13-7-3-11(4-8-13)12-5-9-14(2)10-6-12;1-3-4-2/h3-10H,1-2H3;1-2H3/q+2;+1. The lowest BCUT2D eigenvalue weighted by molar-refractivity contribution is -0.671. The van der Waals surface area contributed by atoms with E-state index >= 15 is 0 Å². The maximum absolute atomic E-state index is 3.49. The molecule has 0 atom stereocenters. The highest BCUT2D eigenvalue weighted by atomic mass is 14.9. The third-order valence-corrected chi connectivity index (χ3v) is 2.51. The second-order valence-corrected chi connectivity index (χ2v) is 3.95. The molecule has 2 aromatic heterocycles. The number of rotatable bonds is 1. The number of hydrogen-bond donors (Lipinski definition) is 0. The quantitative estimate of drug-likeness (QED) is 0.678. The number of nitrogens with zero attached hydrogens (tertiary/aromatic N) is 3. The van der Waals surface area contributed by atoms with E-state index in [1.165, 1.54) is 11.1 Å². The minimum absolute atomic E-state index is 1.25. The van der Waals surface area contributed by atoms with E-state index in [0.717, 1.165) is 0 Å². The first-order valence-corrected chi connectivity index (χ1v) is 5.84. The van der Waals surface area contributed by atoms with Crippen molar-refractivity contribution >= 4 is 0 Å². The molecule has 0 spiro atoms. The third kappa shape index (κ3) is 4.34. The van der Waals surface area contributed by atoms with E-state index in [1.54, 1.807) is 14.0 Å². The predicted octanol–water partition coefficient (Wildman–Crippen LogP) is 1.97. The highest BCUT2D eigenvalue weighted by Crippen LogP contribution is 2.14. The van der Waals surface area contributed by atoms with Crippen molar-refractivity contribution in [2.45, 2.75) is 6.92 Å². The average Bonchev–Trinajstić information content (AvgIpc) is 2.41. The summed E-state index contributed by atoms with van der Waals surface area (Å²) in [5.74, 6) is 0. The van der Waals surface area contributed by atoms with Crippen molar-refractivity contribution in [3.63, 3.8) is 0 Å². The Morgan fingerprint density at radius 3 is 1.33 bits per heavy atom. The average molecular weight is 242 g/mol. The zero-order chi connectivity index (χ0) is 13.4. The molecule has 0 bridgehead atoms. The molecule has 3 heteroatoms. The van der Waals surface area contributed by atoms with E-state index in [-0.39, 0.29) is 0 Å². The van der Waals surface area contributed by atoms with Crippen LogP contribution in [-0.2, 0) is 14.1 Å². The molecule has 0 saturated heterocycles. The second-order valence-electron chi connectivity index (χ2n) is 3.95. The first-order valence-electron chi connectivity index (χ1n) is 5.84. The van der Waals surface area contributed by atoms with Gasteiger partial charge in [-0.05, 0) is 11.1 Å². The fourth-order valence-electron chi connectivity index (χ4n) is 1.39. The molecule has 0 aromatic carbocycles. The highest BCUT2D eigenvalue weighted by Gasteiger charge is 2.00. The molecule has 0 amide bonds. The summed E-state index contributed by atoms with van der Waals surface area (Å²) in [5, 5.41) is 0. The van der Waals surface area contributed by atoms with Crippen LogP contribution in [-0.4, -0.2) is 7.05 Å². The van der Waals surface area contributed by atoms with Gasteiger partial charge in [0.2, 0.25) is 0 Å². The van der Waals surface area contributed by atoms with E-state index in [9.17, 15) is 0 Å². The first-order chi connectivity index (χ1) is 8.67. The van der Waals surface area contributed by atoms with Gasteiger partial charge in [0.1, 0.15) is 14.1 Å². The van der Waals surface area contributed by atoms with Gasteiger partial charge in [-0.15, -0.1) is 0 Å². The molecular formula is C15H20N3+3. The fraction of sp³-hybridized carbons (Fsp3) is 0.267. The molecule has 92 valence electrons. The molecule has 2 aromatic rings.